The maximum atomic E-state index is 11.9. The first-order valence-electron chi connectivity index (χ1n) is 9.08. The lowest BCUT2D eigenvalue weighted by Gasteiger charge is -2.20. The fourth-order valence-electron chi connectivity index (χ4n) is 2.42. The molecule has 0 aliphatic heterocycles. The maximum Gasteiger partial charge on any atom is 0.317 e. The number of ether oxygens (including phenoxy) is 1. The number of hydrogen-bond donors (Lipinski definition) is 3. The van der Waals surface area contributed by atoms with E-state index < -0.39 is 11.9 Å². The molecule has 0 aromatic heterocycles. The first kappa shape index (κ1) is 20.5. The molecule has 1 aromatic carbocycles. The first-order chi connectivity index (χ1) is 12.8. The van der Waals surface area contributed by atoms with Gasteiger partial charge in [0.1, 0.15) is 5.75 Å². The molecule has 1 saturated carbocycles. The third-order valence-corrected chi connectivity index (χ3v) is 4.24. The van der Waals surface area contributed by atoms with Crippen molar-refractivity contribution in [3.63, 3.8) is 0 Å². The molecule has 0 spiro atoms. The van der Waals surface area contributed by atoms with E-state index in [1.54, 1.807) is 26.1 Å². The Hall–Kier alpha value is -2.77. The monoisotopic (exact) mass is 377 g/mol. The molecule has 0 saturated heterocycles. The van der Waals surface area contributed by atoms with Crippen molar-refractivity contribution in [2.45, 2.75) is 32.2 Å². The molecule has 1 aliphatic rings. The zero-order valence-electron chi connectivity index (χ0n) is 15.7. The van der Waals surface area contributed by atoms with E-state index in [1.807, 2.05) is 12.1 Å². The molecule has 1 atom stereocenters. The molecule has 3 amide bonds. The molecule has 0 bridgehead atoms. The van der Waals surface area contributed by atoms with Gasteiger partial charge in [-0.2, -0.15) is 0 Å². The maximum absolute atomic E-state index is 11.9. The van der Waals surface area contributed by atoms with Gasteiger partial charge in [-0.1, -0.05) is 19.1 Å². The van der Waals surface area contributed by atoms with E-state index in [9.17, 15) is 14.4 Å². The lowest BCUT2D eigenvalue weighted by molar-refractivity contribution is -0.141. The molecule has 1 fully saturated rings. The van der Waals surface area contributed by atoms with Crippen LogP contribution in [0.5, 0.6) is 5.75 Å². The molecule has 0 heterocycles. The third-order valence-electron chi connectivity index (χ3n) is 4.24. The number of nitrogens with one attached hydrogen (secondary N) is 2. The van der Waals surface area contributed by atoms with Crippen LogP contribution in [0.3, 0.4) is 0 Å². The van der Waals surface area contributed by atoms with Crippen molar-refractivity contribution in [1.82, 2.24) is 15.5 Å². The van der Waals surface area contributed by atoms with Gasteiger partial charge in [0.15, 0.2) is 6.61 Å². The number of carbonyl (C=O) groups excluding carboxylic acids is 2. The summed E-state index contributed by atoms with van der Waals surface area (Å²) in [5, 5.41) is 14.5. The van der Waals surface area contributed by atoms with Gasteiger partial charge >= 0.3 is 12.0 Å². The molecule has 148 valence electrons. The number of carbonyl (C=O) groups is 3. The predicted octanol–water partition coefficient (Wildman–Crippen LogP) is 1.25. The van der Waals surface area contributed by atoms with Crippen LogP contribution < -0.4 is 15.4 Å². The Labute approximate surface area is 158 Å². The second kappa shape index (κ2) is 9.80. The van der Waals surface area contributed by atoms with Crippen LogP contribution in [-0.2, 0) is 16.0 Å². The fraction of sp³-hybridized carbons (Fsp3) is 0.526. The van der Waals surface area contributed by atoms with Crippen molar-refractivity contribution in [2.24, 2.45) is 5.92 Å². The first-order valence-corrected chi connectivity index (χ1v) is 9.08. The number of nitrogens with zero attached hydrogens (tertiary/aromatic N) is 1. The summed E-state index contributed by atoms with van der Waals surface area (Å²) in [6.07, 6.45) is 2.73. The summed E-state index contributed by atoms with van der Waals surface area (Å²) >= 11 is 0. The van der Waals surface area contributed by atoms with Crippen LogP contribution in [0.2, 0.25) is 0 Å². The lowest BCUT2D eigenvalue weighted by Crippen LogP contribution is -2.41. The minimum Gasteiger partial charge on any atom is -0.484 e. The highest BCUT2D eigenvalue weighted by molar-refractivity contribution is 5.78. The van der Waals surface area contributed by atoms with E-state index in [2.05, 4.69) is 10.6 Å². The number of carboxylic acids is 1. The molecule has 1 aromatic rings. The van der Waals surface area contributed by atoms with Crippen LogP contribution in [0.25, 0.3) is 0 Å². The highest BCUT2D eigenvalue weighted by Crippen LogP contribution is 2.18. The summed E-state index contributed by atoms with van der Waals surface area (Å²) in [5.41, 5.74) is 1.02. The largest absolute Gasteiger partial charge is 0.484 e. The Morgan fingerprint density at radius 1 is 1.26 bits per heavy atom. The quantitative estimate of drug-likeness (QED) is 0.569. The Balaban J connectivity index is 1.66. The molecule has 27 heavy (non-hydrogen) atoms. The third kappa shape index (κ3) is 7.55. The molecule has 1 unspecified atom stereocenters. The van der Waals surface area contributed by atoms with Crippen molar-refractivity contribution < 1.29 is 24.2 Å². The number of benzene rings is 1. The molecular formula is C19H27N3O5. The Bertz CT molecular complexity index is 658. The van der Waals surface area contributed by atoms with Gasteiger partial charge in [-0.3, -0.25) is 9.59 Å². The molecule has 8 nitrogen and oxygen atoms in total. The summed E-state index contributed by atoms with van der Waals surface area (Å²) in [6, 6.07) is 7.38. The van der Waals surface area contributed by atoms with Gasteiger partial charge in [0.25, 0.3) is 5.91 Å². The van der Waals surface area contributed by atoms with Crippen molar-refractivity contribution in [1.29, 1.82) is 0 Å². The van der Waals surface area contributed by atoms with E-state index >= 15 is 0 Å². The second-order valence-electron chi connectivity index (χ2n) is 6.88. The highest BCUT2D eigenvalue weighted by atomic mass is 16.5. The van der Waals surface area contributed by atoms with Gasteiger partial charge in [0.05, 0.1) is 5.92 Å². The molecule has 3 N–H and O–H groups in total. The smallest absolute Gasteiger partial charge is 0.317 e. The Morgan fingerprint density at radius 3 is 2.52 bits per heavy atom. The number of hydrogen-bond acceptors (Lipinski definition) is 4. The summed E-state index contributed by atoms with van der Waals surface area (Å²) in [5.74, 6) is -1.02. The Kier molecular flexibility index (Phi) is 7.45. The van der Waals surface area contributed by atoms with Crippen molar-refractivity contribution in [3.8, 4) is 5.75 Å². The van der Waals surface area contributed by atoms with Gasteiger partial charge in [-0.15, -0.1) is 0 Å². The fourth-order valence-corrected chi connectivity index (χ4v) is 2.42. The lowest BCUT2D eigenvalue weighted by atomic mass is 10.1. The molecule has 1 aliphatic carbocycles. The number of aliphatic carboxylic acids is 1. The van der Waals surface area contributed by atoms with Gasteiger partial charge < -0.3 is 25.4 Å². The van der Waals surface area contributed by atoms with Crippen LogP contribution in [-0.4, -0.2) is 60.7 Å². The standard InChI is InChI=1S/C19H27N3O5/c1-13(18(24)25)11-22(2)19(26)20-10-9-14-3-7-16(8-4-14)27-12-17(23)21-15-5-6-15/h3-4,7-8,13,15H,5-6,9-12H2,1-2H3,(H,20,26)(H,21,23)(H,24,25). The average Bonchev–Trinajstić information content (AvgIpc) is 3.44. The molecule has 2 rings (SSSR count). The van der Waals surface area contributed by atoms with Crippen molar-refractivity contribution >= 4 is 17.9 Å². The zero-order valence-corrected chi connectivity index (χ0v) is 15.7. The van der Waals surface area contributed by atoms with Gasteiger partial charge in [-0.05, 0) is 37.0 Å². The van der Waals surface area contributed by atoms with Crippen molar-refractivity contribution in [3.05, 3.63) is 29.8 Å². The van der Waals surface area contributed by atoms with Crippen LogP contribution in [0.4, 0.5) is 4.79 Å². The number of urea groups is 1. The molecular weight excluding hydrogens is 350 g/mol. The molecule has 8 heteroatoms. The topological polar surface area (TPSA) is 108 Å². The summed E-state index contributed by atoms with van der Waals surface area (Å²) in [6.45, 7) is 2.16. The number of amides is 3. The highest BCUT2D eigenvalue weighted by Gasteiger charge is 2.23. The summed E-state index contributed by atoms with van der Waals surface area (Å²) < 4.78 is 5.45. The Morgan fingerprint density at radius 2 is 1.93 bits per heavy atom. The summed E-state index contributed by atoms with van der Waals surface area (Å²) in [4.78, 5) is 35.7. The van der Waals surface area contributed by atoms with Gasteiger partial charge in [0, 0.05) is 26.2 Å². The van der Waals surface area contributed by atoms with Crippen LogP contribution in [0, 0.1) is 5.92 Å². The second-order valence-corrected chi connectivity index (χ2v) is 6.88. The van der Waals surface area contributed by atoms with E-state index in [0.717, 1.165) is 18.4 Å². The predicted molar refractivity (Wildman–Crippen MR) is 99.6 cm³/mol. The van der Waals surface area contributed by atoms with Crippen molar-refractivity contribution in [2.75, 3.05) is 26.7 Å². The van der Waals surface area contributed by atoms with Gasteiger partial charge in [-0.25, -0.2) is 4.79 Å². The van der Waals surface area contributed by atoms with Crippen LogP contribution >= 0.6 is 0 Å². The van der Waals surface area contributed by atoms with Crippen LogP contribution in [0.1, 0.15) is 25.3 Å². The van der Waals surface area contributed by atoms with E-state index in [1.165, 1.54) is 4.90 Å². The number of carboxylic acid groups (broad SMARTS) is 1. The van der Waals surface area contributed by atoms with E-state index in [4.69, 9.17) is 9.84 Å². The molecule has 0 radical (unpaired) electrons. The van der Waals surface area contributed by atoms with Crippen LogP contribution in [0.15, 0.2) is 24.3 Å². The van der Waals surface area contributed by atoms with E-state index in [-0.39, 0.29) is 25.1 Å². The number of rotatable bonds is 10. The minimum atomic E-state index is -0.929. The summed E-state index contributed by atoms with van der Waals surface area (Å²) in [7, 11) is 1.57. The normalized spacial score (nSPS) is 14.1. The van der Waals surface area contributed by atoms with Gasteiger partial charge in [0.2, 0.25) is 0 Å². The SMILES string of the molecule is CC(CN(C)C(=O)NCCc1ccc(OCC(=O)NC2CC2)cc1)C(=O)O. The average molecular weight is 377 g/mol. The van der Waals surface area contributed by atoms with E-state index in [0.29, 0.717) is 24.8 Å². The zero-order chi connectivity index (χ0) is 19.8. The minimum absolute atomic E-state index is 0.00695.